The number of fused-ring (bicyclic) bond motifs is 1. The number of benzene rings is 2. The molecule has 0 aromatic heterocycles. The third-order valence-electron chi connectivity index (χ3n) is 4.67. The van der Waals surface area contributed by atoms with Gasteiger partial charge in [-0.1, -0.05) is 50.2 Å². The van der Waals surface area contributed by atoms with Crippen molar-refractivity contribution < 1.29 is 13.2 Å². The summed E-state index contributed by atoms with van der Waals surface area (Å²) in [5, 5.41) is 3.36. The fourth-order valence-corrected chi connectivity index (χ4v) is 4.23. The first kappa shape index (κ1) is 21.6. The van der Waals surface area contributed by atoms with Gasteiger partial charge in [0.05, 0.1) is 4.90 Å². The van der Waals surface area contributed by atoms with Crippen LogP contribution in [0.4, 0.5) is 0 Å². The topological polar surface area (TPSA) is 75.3 Å². The molecule has 1 atom stereocenters. The van der Waals surface area contributed by atoms with Crippen molar-refractivity contribution in [2.24, 2.45) is 5.92 Å². The highest BCUT2D eigenvalue weighted by atomic mass is 35.5. The Morgan fingerprint density at radius 2 is 1.81 bits per heavy atom. The predicted octanol–water partition coefficient (Wildman–Crippen LogP) is 3.11. The van der Waals surface area contributed by atoms with Gasteiger partial charge < -0.3 is 5.32 Å². The lowest BCUT2D eigenvalue weighted by molar-refractivity contribution is 0.0939. The van der Waals surface area contributed by atoms with Crippen LogP contribution in [0.5, 0.6) is 0 Å². The maximum absolute atomic E-state index is 12.6. The lowest BCUT2D eigenvalue weighted by Gasteiger charge is -2.27. The molecule has 0 spiro atoms. The summed E-state index contributed by atoms with van der Waals surface area (Å²) in [5.41, 5.74) is 2.92. The molecule has 1 aliphatic rings. The highest BCUT2D eigenvalue weighted by Gasteiger charge is 2.22. The van der Waals surface area contributed by atoms with Crippen molar-refractivity contribution in [3.8, 4) is 0 Å². The number of carbonyl (C=O) groups excluding carboxylic acids is 1. The molecule has 1 aliphatic heterocycles. The van der Waals surface area contributed by atoms with Crippen molar-refractivity contribution in [1.82, 2.24) is 10.0 Å². The van der Waals surface area contributed by atoms with E-state index in [4.69, 9.17) is 0 Å². The average Bonchev–Trinajstić information content (AvgIpc) is 2.65. The summed E-state index contributed by atoms with van der Waals surface area (Å²) in [5.74, 6) is -0.113. The molecule has 0 fully saturated rings. The summed E-state index contributed by atoms with van der Waals surface area (Å²) < 4.78 is 27.8. The summed E-state index contributed by atoms with van der Waals surface area (Å²) in [6.07, 6.45) is 0.949. The Balaban J connectivity index is 0.00000261. The van der Waals surface area contributed by atoms with Crippen LogP contribution in [-0.2, 0) is 16.4 Å². The van der Waals surface area contributed by atoms with Gasteiger partial charge in [-0.15, -0.1) is 12.4 Å². The molecule has 0 bridgehead atoms. The van der Waals surface area contributed by atoms with Crippen LogP contribution in [-0.4, -0.2) is 27.3 Å². The number of hydrogen-bond donors (Lipinski definition) is 2. The van der Waals surface area contributed by atoms with E-state index in [9.17, 15) is 13.2 Å². The monoisotopic (exact) mass is 408 g/mol. The molecule has 5 nitrogen and oxygen atoms in total. The number of Topliss-reactive ketones (excluding diaryl/α,β-unsaturated/α-hetero) is 1. The van der Waals surface area contributed by atoms with Crippen molar-refractivity contribution in [3.63, 3.8) is 0 Å². The van der Waals surface area contributed by atoms with Gasteiger partial charge in [-0.3, -0.25) is 4.79 Å². The molecule has 2 aromatic rings. The molecule has 7 heteroatoms. The van der Waals surface area contributed by atoms with Crippen molar-refractivity contribution in [2.45, 2.75) is 31.2 Å². The van der Waals surface area contributed by atoms with E-state index >= 15 is 0 Å². The van der Waals surface area contributed by atoms with E-state index in [2.05, 4.69) is 16.1 Å². The highest BCUT2D eigenvalue weighted by molar-refractivity contribution is 7.89. The van der Waals surface area contributed by atoms with E-state index in [1.807, 2.05) is 32.0 Å². The second-order valence-electron chi connectivity index (χ2n) is 6.85. The molecule has 0 saturated heterocycles. The fraction of sp³-hybridized carbons (Fsp3) is 0.350. The van der Waals surface area contributed by atoms with Crippen LogP contribution in [0.15, 0.2) is 53.4 Å². The quantitative estimate of drug-likeness (QED) is 0.720. The van der Waals surface area contributed by atoms with Crippen molar-refractivity contribution in [2.75, 3.05) is 13.1 Å². The molecule has 1 unspecified atom stereocenters. The molecular formula is C20H25ClN2O3S. The summed E-state index contributed by atoms with van der Waals surface area (Å²) >= 11 is 0. The van der Waals surface area contributed by atoms with Gasteiger partial charge in [0.15, 0.2) is 5.78 Å². The minimum absolute atomic E-state index is 0. The van der Waals surface area contributed by atoms with Gasteiger partial charge in [-0.25, -0.2) is 13.1 Å². The standard InChI is InChI=1S/C20H24N2O3S.ClH/c1-14(2)20(23)16-7-9-17(10-8-16)26(24,25)22-13-19-18-6-4-3-5-15(18)11-12-21-19;/h3-10,14,19,21-22H,11-13H2,1-2H3;1H. The van der Waals surface area contributed by atoms with Crippen molar-refractivity contribution >= 4 is 28.2 Å². The maximum Gasteiger partial charge on any atom is 0.240 e. The number of carbonyl (C=O) groups is 1. The third kappa shape index (κ3) is 4.96. The molecule has 146 valence electrons. The molecule has 2 N–H and O–H groups in total. The van der Waals surface area contributed by atoms with Gasteiger partial charge in [0.25, 0.3) is 0 Å². The highest BCUT2D eigenvalue weighted by Crippen LogP contribution is 2.22. The second-order valence-corrected chi connectivity index (χ2v) is 8.62. The summed E-state index contributed by atoms with van der Waals surface area (Å²) in [6.45, 7) is 4.76. The molecule has 1 heterocycles. The van der Waals surface area contributed by atoms with Crippen LogP contribution >= 0.6 is 12.4 Å². The summed E-state index contributed by atoms with van der Waals surface area (Å²) in [4.78, 5) is 12.1. The van der Waals surface area contributed by atoms with Gasteiger partial charge >= 0.3 is 0 Å². The number of rotatable bonds is 6. The predicted molar refractivity (Wildman–Crippen MR) is 109 cm³/mol. The zero-order valence-electron chi connectivity index (χ0n) is 15.4. The normalized spacial score (nSPS) is 16.5. The van der Waals surface area contributed by atoms with Crippen LogP contribution in [0.25, 0.3) is 0 Å². The molecule has 0 saturated carbocycles. The average molecular weight is 409 g/mol. The van der Waals surface area contributed by atoms with Crippen LogP contribution in [0, 0.1) is 5.92 Å². The minimum Gasteiger partial charge on any atom is -0.308 e. The van der Waals surface area contributed by atoms with E-state index < -0.39 is 10.0 Å². The Labute approximate surface area is 167 Å². The lowest BCUT2D eigenvalue weighted by Crippen LogP contribution is -2.38. The smallest absolute Gasteiger partial charge is 0.240 e. The molecule has 3 rings (SSSR count). The maximum atomic E-state index is 12.6. The zero-order chi connectivity index (χ0) is 18.7. The van der Waals surface area contributed by atoms with Gasteiger partial charge in [-0.2, -0.15) is 0 Å². The van der Waals surface area contributed by atoms with E-state index in [0.29, 0.717) is 5.56 Å². The Morgan fingerprint density at radius 3 is 2.48 bits per heavy atom. The summed E-state index contributed by atoms with van der Waals surface area (Å²) in [6, 6.07) is 14.2. The number of halogens is 1. The zero-order valence-corrected chi connectivity index (χ0v) is 17.1. The second kappa shape index (κ2) is 8.97. The van der Waals surface area contributed by atoms with Crippen molar-refractivity contribution in [1.29, 1.82) is 0 Å². The number of sulfonamides is 1. The Bertz CT molecular complexity index is 896. The van der Waals surface area contributed by atoms with Crippen LogP contribution < -0.4 is 10.0 Å². The molecule has 0 amide bonds. The van der Waals surface area contributed by atoms with Crippen LogP contribution in [0.2, 0.25) is 0 Å². The fourth-order valence-electron chi connectivity index (χ4n) is 3.18. The first-order valence-corrected chi connectivity index (χ1v) is 10.3. The van der Waals surface area contributed by atoms with E-state index in [1.54, 1.807) is 12.1 Å². The molecule has 2 aromatic carbocycles. The SMILES string of the molecule is CC(C)C(=O)c1ccc(S(=O)(=O)NCC2NCCc3ccccc32)cc1.Cl. The Kier molecular flexibility index (Phi) is 7.17. The molecule has 0 radical (unpaired) electrons. The van der Waals surface area contributed by atoms with Gasteiger partial charge in [0.2, 0.25) is 10.0 Å². The summed E-state index contributed by atoms with van der Waals surface area (Å²) in [7, 11) is -3.63. The van der Waals surface area contributed by atoms with Gasteiger partial charge in [-0.05, 0) is 36.2 Å². The number of hydrogen-bond acceptors (Lipinski definition) is 4. The van der Waals surface area contributed by atoms with E-state index in [-0.39, 0.29) is 41.6 Å². The first-order valence-electron chi connectivity index (χ1n) is 8.83. The van der Waals surface area contributed by atoms with Crippen LogP contribution in [0.3, 0.4) is 0 Å². The molecule has 27 heavy (non-hydrogen) atoms. The number of nitrogens with one attached hydrogen (secondary N) is 2. The van der Waals surface area contributed by atoms with E-state index in [0.717, 1.165) is 18.5 Å². The molecule has 0 aliphatic carbocycles. The molecular weight excluding hydrogens is 384 g/mol. The van der Waals surface area contributed by atoms with Crippen LogP contribution in [0.1, 0.15) is 41.4 Å². The lowest BCUT2D eigenvalue weighted by atomic mass is 9.95. The third-order valence-corrected chi connectivity index (χ3v) is 6.11. The first-order chi connectivity index (χ1) is 12.4. The van der Waals surface area contributed by atoms with E-state index in [1.165, 1.54) is 17.7 Å². The largest absolute Gasteiger partial charge is 0.308 e. The minimum atomic E-state index is -3.63. The Hall–Kier alpha value is -1.73. The van der Waals surface area contributed by atoms with Gasteiger partial charge in [0.1, 0.15) is 0 Å². The Morgan fingerprint density at radius 1 is 1.15 bits per heavy atom. The van der Waals surface area contributed by atoms with Crippen molar-refractivity contribution in [3.05, 3.63) is 65.2 Å². The number of ketones is 1. The van der Waals surface area contributed by atoms with Gasteiger partial charge in [0, 0.05) is 24.1 Å².